The number of likely N-dealkylation sites (tertiary alicyclic amines) is 1. The molecule has 3 aromatic rings. The predicted octanol–water partition coefficient (Wildman–Crippen LogP) is 6.97. The van der Waals surface area contributed by atoms with Gasteiger partial charge < -0.3 is 9.84 Å². The summed E-state index contributed by atoms with van der Waals surface area (Å²) in [4.78, 5) is 14.9. The van der Waals surface area contributed by atoms with Crippen molar-refractivity contribution in [2.24, 2.45) is 21.1 Å². The minimum atomic E-state index is -0.517. The molecule has 36 heavy (non-hydrogen) atoms. The highest BCUT2D eigenvalue weighted by atomic mass is 79.9. The maximum Gasteiger partial charge on any atom is 0.302 e. The Balaban J connectivity index is 1.39. The zero-order valence-electron chi connectivity index (χ0n) is 21.3. The van der Waals surface area contributed by atoms with Gasteiger partial charge in [0, 0.05) is 22.4 Å². The number of azo groups is 1. The normalized spacial score (nSPS) is 23.5. The molecule has 190 valence electrons. The first-order chi connectivity index (χ1) is 17.0. The lowest BCUT2D eigenvalue weighted by Gasteiger charge is -2.40. The van der Waals surface area contributed by atoms with Crippen molar-refractivity contribution in [2.45, 2.75) is 59.7 Å². The van der Waals surface area contributed by atoms with Crippen LogP contribution in [0.4, 0.5) is 5.69 Å². The monoisotopic (exact) mass is 552 g/mol. The van der Waals surface area contributed by atoms with Gasteiger partial charge in [-0.15, -0.1) is 10.2 Å². The molecule has 7 nitrogen and oxygen atoms in total. The number of ether oxygens (including phenoxy) is 1. The Morgan fingerprint density at radius 3 is 2.75 bits per heavy atom. The van der Waals surface area contributed by atoms with Crippen LogP contribution < -0.4 is 4.74 Å². The number of hydrogen-bond acceptors (Lipinski definition) is 5. The van der Waals surface area contributed by atoms with Crippen molar-refractivity contribution in [3.05, 3.63) is 52.5 Å². The number of fused-ring (bicyclic) bond motifs is 3. The number of hydrogen-bond donors (Lipinski definition) is 1. The van der Waals surface area contributed by atoms with Crippen molar-refractivity contribution in [1.29, 1.82) is 0 Å². The van der Waals surface area contributed by atoms with E-state index in [1.165, 1.54) is 12.8 Å². The smallest absolute Gasteiger partial charge is 0.302 e. The Morgan fingerprint density at radius 1 is 1.19 bits per heavy atom. The van der Waals surface area contributed by atoms with Crippen molar-refractivity contribution in [1.82, 2.24) is 9.47 Å². The molecule has 5 rings (SSSR count). The fraction of sp³-hybridized carbons (Fsp3) is 0.464. The van der Waals surface area contributed by atoms with E-state index in [4.69, 9.17) is 4.74 Å². The Kier molecular flexibility index (Phi) is 6.45. The van der Waals surface area contributed by atoms with Gasteiger partial charge in [-0.3, -0.25) is 14.3 Å². The summed E-state index contributed by atoms with van der Waals surface area (Å²) >= 11 is 3.52. The molecule has 8 heteroatoms. The highest BCUT2D eigenvalue weighted by Crippen LogP contribution is 2.53. The lowest BCUT2D eigenvalue weighted by atomic mass is 9.65. The summed E-state index contributed by atoms with van der Waals surface area (Å²) in [7, 11) is 0. The van der Waals surface area contributed by atoms with Gasteiger partial charge in [0.2, 0.25) is 5.88 Å². The van der Waals surface area contributed by atoms with Gasteiger partial charge in [0.25, 0.3) is 0 Å². The molecule has 2 heterocycles. The quantitative estimate of drug-likeness (QED) is 0.335. The number of nitrogens with zero attached hydrogens (tertiary/aromatic N) is 4. The molecule has 2 aliphatic rings. The van der Waals surface area contributed by atoms with E-state index < -0.39 is 5.91 Å². The molecule has 0 unspecified atom stereocenters. The van der Waals surface area contributed by atoms with Crippen molar-refractivity contribution in [2.75, 3.05) is 13.2 Å². The molecule has 1 aromatic heterocycles. The standard InChI is InChI=1S/C28H33BrN4O3/c1-18-7-5-6-8-23(18)36-14-24(34)30-31-25-21-11-19(29)9-10-22(21)33(26(25)35)17-32-16-28(4)13-20(32)12-27(2,3)15-28/h5-11,20,35H,12-17H2,1-4H3/t20-,28+/m0/s1. The molecule has 2 fully saturated rings. The van der Waals surface area contributed by atoms with Crippen molar-refractivity contribution in [3.8, 4) is 11.6 Å². The molecule has 1 aliphatic carbocycles. The molecule has 2 bridgehead atoms. The van der Waals surface area contributed by atoms with Crippen LogP contribution in [-0.4, -0.2) is 39.7 Å². The third kappa shape index (κ3) is 4.93. The fourth-order valence-corrected chi connectivity index (χ4v) is 6.81. The van der Waals surface area contributed by atoms with Gasteiger partial charge in [0.1, 0.15) is 5.75 Å². The first kappa shape index (κ1) is 25.0. The van der Waals surface area contributed by atoms with Crippen LogP contribution in [0.5, 0.6) is 11.6 Å². The van der Waals surface area contributed by atoms with Crippen LogP contribution in [0.25, 0.3) is 10.9 Å². The number of halogens is 1. The van der Waals surface area contributed by atoms with E-state index >= 15 is 0 Å². The van der Waals surface area contributed by atoms with E-state index in [9.17, 15) is 9.90 Å². The second-order valence-electron chi connectivity index (χ2n) is 11.5. The van der Waals surface area contributed by atoms with Gasteiger partial charge in [-0.05, 0) is 66.8 Å². The number of para-hydroxylation sites is 1. The first-order valence-electron chi connectivity index (χ1n) is 12.4. The number of carbonyl (C=O) groups excluding carboxylic acids is 1. The average Bonchev–Trinajstić information content (AvgIpc) is 3.19. The van der Waals surface area contributed by atoms with Crippen LogP contribution in [0.15, 0.2) is 57.2 Å². The number of aromatic nitrogens is 1. The third-order valence-electron chi connectivity index (χ3n) is 7.52. The molecule has 2 atom stereocenters. The minimum Gasteiger partial charge on any atom is -0.493 e. The summed E-state index contributed by atoms with van der Waals surface area (Å²) in [5.74, 6) is 0.138. The van der Waals surface area contributed by atoms with Gasteiger partial charge in [0.05, 0.1) is 12.2 Å². The summed E-state index contributed by atoms with van der Waals surface area (Å²) in [6.45, 7) is 10.4. The maximum atomic E-state index is 12.4. The Morgan fingerprint density at radius 2 is 1.97 bits per heavy atom. The summed E-state index contributed by atoms with van der Waals surface area (Å²) in [6, 6.07) is 13.8. The average molecular weight is 554 g/mol. The molecule has 1 amide bonds. The SMILES string of the molecule is Cc1ccccc1OCC(=O)N=Nc1c(O)n(CN2C[C@]3(C)C[C@@H]2CC(C)(C)C3)c2ccc(Br)cc12. The highest BCUT2D eigenvalue weighted by Gasteiger charge is 2.49. The van der Waals surface area contributed by atoms with Crippen LogP contribution in [0.3, 0.4) is 0 Å². The highest BCUT2D eigenvalue weighted by molar-refractivity contribution is 9.10. The van der Waals surface area contributed by atoms with Crippen LogP contribution in [-0.2, 0) is 11.5 Å². The van der Waals surface area contributed by atoms with Crippen LogP contribution in [0, 0.1) is 17.8 Å². The molecule has 0 spiro atoms. The summed E-state index contributed by atoms with van der Waals surface area (Å²) in [5.41, 5.74) is 2.71. The molecular weight excluding hydrogens is 520 g/mol. The van der Waals surface area contributed by atoms with Crippen molar-refractivity contribution in [3.63, 3.8) is 0 Å². The van der Waals surface area contributed by atoms with Gasteiger partial charge in [-0.25, -0.2) is 0 Å². The van der Waals surface area contributed by atoms with Gasteiger partial charge in [-0.1, -0.05) is 54.9 Å². The number of carbonyl (C=O) groups is 1. The van der Waals surface area contributed by atoms with E-state index in [-0.39, 0.29) is 12.5 Å². The molecule has 2 aromatic carbocycles. The number of aromatic hydroxyl groups is 1. The first-order valence-corrected chi connectivity index (χ1v) is 13.2. The summed E-state index contributed by atoms with van der Waals surface area (Å²) < 4.78 is 8.35. The second kappa shape index (κ2) is 9.30. The number of aryl methyl sites for hydroxylation is 1. The number of rotatable bonds is 6. The molecular formula is C28H33BrN4O3. The molecule has 1 saturated carbocycles. The van der Waals surface area contributed by atoms with Gasteiger partial charge >= 0.3 is 5.91 Å². The van der Waals surface area contributed by atoms with E-state index in [0.717, 1.165) is 33.9 Å². The lowest BCUT2D eigenvalue weighted by molar-refractivity contribution is -0.120. The van der Waals surface area contributed by atoms with E-state index in [1.54, 1.807) is 0 Å². The van der Waals surface area contributed by atoms with Crippen LogP contribution in [0.2, 0.25) is 0 Å². The molecule has 0 radical (unpaired) electrons. The van der Waals surface area contributed by atoms with Crippen LogP contribution in [0.1, 0.15) is 45.6 Å². The second-order valence-corrected chi connectivity index (χ2v) is 12.4. The van der Waals surface area contributed by atoms with Gasteiger partial charge in [0.15, 0.2) is 12.3 Å². The van der Waals surface area contributed by atoms with E-state index in [2.05, 4.69) is 51.8 Å². The maximum absolute atomic E-state index is 12.4. The predicted molar refractivity (Wildman–Crippen MR) is 144 cm³/mol. The molecule has 1 aliphatic heterocycles. The minimum absolute atomic E-state index is 0.0188. The largest absolute Gasteiger partial charge is 0.493 e. The van der Waals surface area contributed by atoms with Crippen molar-refractivity contribution < 1.29 is 14.6 Å². The lowest BCUT2D eigenvalue weighted by Crippen LogP contribution is -2.35. The summed E-state index contributed by atoms with van der Waals surface area (Å²) in [5, 5.41) is 20.1. The zero-order valence-corrected chi connectivity index (χ0v) is 22.9. The Bertz CT molecular complexity index is 1350. The van der Waals surface area contributed by atoms with Crippen LogP contribution >= 0.6 is 15.9 Å². The Hall–Kier alpha value is -2.71. The fourth-order valence-electron chi connectivity index (χ4n) is 6.45. The van der Waals surface area contributed by atoms with E-state index in [1.807, 2.05) is 54.0 Å². The number of amides is 1. The summed E-state index contributed by atoms with van der Waals surface area (Å²) in [6.07, 6.45) is 3.55. The van der Waals surface area contributed by atoms with E-state index in [0.29, 0.717) is 35.0 Å². The van der Waals surface area contributed by atoms with Gasteiger partial charge in [-0.2, -0.15) is 0 Å². The zero-order chi connectivity index (χ0) is 25.7. The molecule has 1 saturated heterocycles. The molecule has 1 N–H and O–H groups in total. The van der Waals surface area contributed by atoms with Crippen molar-refractivity contribution >= 4 is 38.4 Å². The topological polar surface area (TPSA) is 79.4 Å². The number of benzene rings is 2. The Labute approximate surface area is 220 Å². The third-order valence-corrected chi connectivity index (χ3v) is 8.02.